The molecule has 146 valence electrons. The van der Waals surface area contributed by atoms with Crippen LogP contribution in [0.1, 0.15) is 28.4 Å². The smallest absolute Gasteiger partial charge is 0.322 e. The quantitative estimate of drug-likeness (QED) is 0.674. The van der Waals surface area contributed by atoms with Crippen LogP contribution in [0.15, 0.2) is 47.4 Å². The molecular formula is C19H19N3O5S. The highest BCUT2D eigenvalue weighted by Gasteiger charge is 2.43. The van der Waals surface area contributed by atoms with E-state index in [9.17, 15) is 22.8 Å². The summed E-state index contributed by atoms with van der Waals surface area (Å²) in [6, 6.07) is 10.3. The van der Waals surface area contributed by atoms with Gasteiger partial charge in [0, 0.05) is 17.5 Å². The zero-order valence-electron chi connectivity index (χ0n) is 15.5. The maximum atomic E-state index is 12.6. The molecule has 0 aliphatic carbocycles. The van der Waals surface area contributed by atoms with Crippen LogP contribution in [0.25, 0.3) is 0 Å². The molecule has 1 aliphatic heterocycles. The number of nitrogens with one attached hydrogen (secondary N) is 3. The minimum absolute atomic E-state index is 0.0644. The highest BCUT2D eigenvalue weighted by molar-refractivity contribution is 7.90. The Kier molecular flexibility index (Phi) is 4.72. The molecule has 0 aromatic heterocycles. The molecular weight excluding hydrogens is 382 g/mol. The van der Waals surface area contributed by atoms with Gasteiger partial charge in [0.05, 0.1) is 4.90 Å². The summed E-state index contributed by atoms with van der Waals surface area (Å²) in [6.45, 7) is 3.30. The van der Waals surface area contributed by atoms with Crippen LogP contribution < -0.4 is 16.0 Å². The Labute approximate surface area is 162 Å². The highest BCUT2D eigenvalue weighted by atomic mass is 32.2. The molecule has 2 aromatic rings. The summed E-state index contributed by atoms with van der Waals surface area (Å²) in [4.78, 5) is 36.0. The zero-order chi connectivity index (χ0) is 20.7. The second kappa shape index (κ2) is 6.75. The lowest BCUT2D eigenvalue weighted by Gasteiger charge is -2.21. The van der Waals surface area contributed by atoms with E-state index in [0.717, 1.165) is 6.26 Å². The molecule has 0 bridgehead atoms. The Morgan fingerprint density at radius 1 is 1.07 bits per heavy atom. The fourth-order valence-electron chi connectivity index (χ4n) is 2.91. The van der Waals surface area contributed by atoms with Gasteiger partial charge in [0.1, 0.15) is 5.54 Å². The number of carbonyl (C=O) groups excluding carboxylic acids is 3. The molecule has 1 atom stereocenters. The normalized spacial score (nSPS) is 19.1. The fourth-order valence-corrected chi connectivity index (χ4v) is 3.56. The van der Waals surface area contributed by atoms with Gasteiger partial charge in [-0.15, -0.1) is 0 Å². The van der Waals surface area contributed by atoms with Gasteiger partial charge in [-0.2, -0.15) is 0 Å². The molecule has 0 saturated carbocycles. The van der Waals surface area contributed by atoms with Crippen LogP contribution in [-0.2, 0) is 20.2 Å². The molecule has 1 saturated heterocycles. The Hall–Kier alpha value is -3.20. The van der Waals surface area contributed by atoms with Gasteiger partial charge in [0.15, 0.2) is 9.84 Å². The van der Waals surface area contributed by atoms with Gasteiger partial charge < -0.3 is 10.6 Å². The second-order valence-corrected chi connectivity index (χ2v) is 8.83. The number of rotatable bonds is 4. The third-order valence-electron chi connectivity index (χ3n) is 4.65. The number of anilines is 1. The number of aryl methyl sites for hydroxylation is 1. The number of sulfone groups is 1. The van der Waals surface area contributed by atoms with Crippen molar-refractivity contribution in [1.29, 1.82) is 0 Å². The summed E-state index contributed by atoms with van der Waals surface area (Å²) >= 11 is 0. The van der Waals surface area contributed by atoms with E-state index >= 15 is 0 Å². The topological polar surface area (TPSA) is 121 Å². The van der Waals surface area contributed by atoms with Crippen LogP contribution in [0.5, 0.6) is 0 Å². The van der Waals surface area contributed by atoms with Crippen molar-refractivity contribution in [3.8, 4) is 0 Å². The largest absolute Gasteiger partial charge is 0.322 e. The van der Waals surface area contributed by atoms with Crippen LogP contribution in [-0.4, -0.2) is 32.5 Å². The van der Waals surface area contributed by atoms with E-state index in [-0.39, 0.29) is 10.5 Å². The lowest BCUT2D eigenvalue weighted by Crippen LogP contribution is -2.40. The number of carbonyl (C=O) groups is 3. The van der Waals surface area contributed by atoms with E-state index in [1.807, 2.05) is 0 Å². The van der Waals surface area contributed by atoms with E-state index in [0.29, 0.717) is 16.8 Å². The molecule has 3 rings (SSSR count). The summed E-state index contributed by atoms with van der Waals surface area (Å²) in [5.74, 6) is -0.906. The summed E-state index contributed by atoms with van der Waals surface area (Å²) in [5.41, 5.74) is 0.733. The minimum Gasteiger partial charge on any atom is -0.322 e. The van der Waals surface area contributed by atoms with E-state index in [1.54, 1.807) is 44.2 Å². The summed E-state index contributed by atoms with van der Waals surface area (Å²) < 4.78 is 23.5. The lowest BCUT2D eigenvalue weighted by atomic mass is 9.92. The molecule has 0 radical (unpaired) electrons. The van der Waals surface area contributed by atoms with Crippen LogP contribution in [0.4, 0.5) is 10.5 Å². The highest BCUT2D eigenvalue weighted by Crippen LogP contribution is 2.26. The van der Waals surface area contributed by atoms with Crippen LogP contribution in [0, 0.1) is 6.92 Å². The van der Waals surface area contributed by atoms with Crippen LogP contribution >= 0.6 is 0 Å². The Morgan fingerprint density at radius 2 is 1.71 bits per heavy atom. The fraction of sp³-hybridized carbons (Fsp3) is 0.211. The first-order valence-corrected chi connectivity index (χ1v) is 10.3. The van der Waals surface area contributed by atoms with Crippen molar-refractivity contribution in [2.75, 3.05) is 11.6 Å². The average Bonchev–Trinajstić information content (AvgIpc) is 2.87. The van der Waals surface area contributed by atoms with Crippen LogP contribution in [0.3, 0.4) is 0 Å². The Balaban J connectivity index is 1.83. The monoisotopic (exact) mass is 401 g/mol. The molecule has 4 amide bonds. The third-order valence-corrected chi connectivity index (χ3v) is 5.76. The third kappa shape index (κ3) is 3.61. The SMILES string of the molecule is Cc1ccc(S(C)(=O)=O)cc1C(=O)Nc1ccc(C2(C)NC(=O)NC2=O)cc1. The molecule has 1 aliphatic rings. The van der Waals surface area contributed by atoms with Gasteiger partial charge in [0.2, 0.25) is 0 Å². The van der Waals surface area contributed by atoms with E-state index < -0.39 is 33.2 Å². The number of amides is 4. The molecule has 1 fully saturated rings. The predicted octanol–water partition coefficient (Wildman–Crippen LogP) is 1.71. The molecule has 1 heterocycles. The number of hydrogen-bond donors (Lipinski definition) is 3. The number of benzene rings is 2. The van der Waals surface area contributed by atoms with Crippen LogP contribution in [0.2, 0.25) is 0 Å². The van der Waals surface area contributed by atoms with Crippen molar-refractivity contribution < 1.29 is 22.8 Å². The molecule has 0 spiro atoms. The van der Waals surface area contributed by atoms with Gasteiger partial charge in [0.25, 0.3) is 11.8 Å². The van der Waals surface area contributed by atoms with Crippen molar-refractivity contribution in [2.24, 2.45) is 0 Å². The summed E-state index contributed by atoms with van der Waals surface area (Å²) in [6.07, 6.45) is 1.08. The maximum Gasteiger partial charge on any atom is 0.322 e. The molecule has 3 N–H and O–H groups in total. The summed E-state index contributed by atoms with van der Waals surface area (Å²) in [7, 11) is -3.43. The van der Waals surface area contributed by atoms with Crippen molar-refractivity contribution in [3.63, 3.8) is 0 Å². The van der Waals surface area contributed by atoms with Gasteiger partial charge in [-0.3, -0.25) is 14.9 Å². The van der Waals surface area contributed by atoms with Crippen molar-refractivity contribution in [2.45, 2.75) is 24.3 Å². The zero-order valence-corrected chi connectivity index (χ0v) is 16.3. The standard InChI is InChI=1S/C19H19N3O5S/c1-11-4-9-14(28(3,26)27)10-15(11)16(23)20-13-7-5-12(6-8-13)19(2)17(24)21-18(25)22-19/h4-10H,1-3H3,(H,20,23)(H2,21,22,24,25). The number of hydrogen-bond acceptors (Lipinski definition) is 5. The second-order valence-electron chi connectivity index (χ2n) is 6.81. The van der Waals surface area contributed by atoms with Gasteiger partial charge >= 0.3 is 6.03 Å². The predicted molar refractivity (Wildman–Crippen MR) is 103 cm³/mol. The van der Waals surface area contributed by atoms with Crippen molar-refractivity contribution in [3.05, 3.63) is 59.2 Å². The first kappa shape index (κ1) is 19.6. The van der Waals surface area contributed by atoms with Gasteiger partial charge in [-0.05, 0) is 49.2 Å². The molecule has 9 heteroatoms. The Morgan fingerprint density at radius 3 is 2.25 bits per heavy atom. The van der Waals surface area contributed by atoms with Gasteiger partial charge in [-0.1, -0.05) is 18.2 Å². The molecule has 28 heavy (non-hydrogen) atoms. The molecule has 2 aromatic carbocycles. The van der Waals surface area contributed by atoms with E-state index in [1.165, 1.54) is 12.1 Å². The number of imide groups is 1. The first-order chi connectivity index (χ1) is 13.0. The van der Waals surface area contributed by atoms with E-state index in [2.05, 4.69) is 16.0 Å². The molecule has 1 unspecified atom stereocenters. The summed E-state index contributed by atoms with van der Waals surface area (Å²) in [5, 5.41) is 7.46. The first-order valence-electron chi connectivity index (χ1n) is 8.37. The number of urea groups is 1. The maximum absolute atomic E-state index is 12.6. The average molecular weight is 401 g/mol. The molecule has 8 nitrogen and oxygen atoms in total. The minimum atomic E-state index is -3.43. The lowest BCUT2D eigenvalue weighted by molar-refractivity contribution is -0.123. The van der Waals surface area contributed by atoms with Gasteiger partial charge in [-0.25, -0.2) is 13.2 Å². The van der Waals surface area contributed by atoms with Crippen molar-refractivity contribution >= 4 is 33.4 Å². The van der Waals surface area contributed by atoms with Crippen molar-refractivity contribution in [1.82, 2.24) is 10.6 Å². The van der Waals surface area contributed by atoms with E-state index in [4.69, 9.17) is 0 Å². The Bertz CT molecular complexity index is 1090.